The van der Waals surface area contributed by atoms with Crippen molar-refractivity contribution >= 4 is 25.5 Å². The highest BCUT2D eigenvalue weighted by Gasteiger charge is 2.27. The summed E-state index contributed by atoms with van der Waals surface area (Å²) >= 11 is 0. The number of unbranched alkanes of at least 4 members (excludes halogenated alkanes) is 14. The molecule has 4 atom stereocenters. The molecule has 0 radical (unpaired) electrons. The average Bonchev–Trinajstić information content (AvgIpc) is 3.44. The highest BCUT2D eigenvalue weighted by Crippen LogP contribution is 2.36. The average molecular weight is 755 g/mol. The molecule has 0 fully saturated rings. The van der Waals surface area contributed by atoms with Crippen molar-refractivity contribution in [3.05, 3.63) is 36.5 Å². The normalized spacial score (nSPS) is 17.5. The Balaban J connectivity index is 2.26. The molecular formula is C41H71O10P. The summed E-state index contributed by atoms with van der Waals surface area (Å²) in [5.41, 5.74) is 0. The van der Waals surface area contributed by atoms with Crippen molar-refractivity contribution in [2.24, 2.45) is 17.8 Å². The fourth-order valence-electron chi connectivity index (χ4n) is 6.20. The SMILES string of the molecule is CCCCC[C@H](O)/C=C/[C@H]1C(=O)C=C[C@@H]1C/C=C\CCCC(=O)OC[C@H](COP(=O)(O)O)OC(=O)CCCCCCCCCCCCCCC(C)C. The number of phosphoric acid groups is 1. The Morgan fingerprint density at radius 1 is 0.808 bits per heavy atom. The molecule has 0 aliphatic heterocycles. The van der Waals surface area contributed by atoms with Crippen LogP contribution in [0.1, 0.15) is 162 Å². The van der Waals surface area contributed by atoms with Crippen LogP contribution in [0.5, 0.6) is 0 Å². The zero-order chi connectivity index (χ0) is 38.5. The summed E-state index contributed by atoms with van der Waals surface area (Å²) in [6, 6.07) is 0. The van der Waals surface area contributed by atoms with Crippen LogP contribution < -0.4 is 0 Å². The van der Waals surface area contributed by atoms with E-state index in [1.165, 1.54) is 57.8 Å². The van der Waals surface area contributed by atoms with Gasteiger partial charge in [0.05, 0.1) is 12.7 Å². The second kappa shape index (κ2) is 30.3. The van der Waals surface area contributed by atoms with Crippen molar-refractivity contribution in [1.29, 1.82) is 0 Å². The number of ether oxygens (including phenoxy) is 2. The minimum Gasteiger partial charge on any atom is -0.462 e. The lowest BCUT2D eigenvalue weighted by Crippen LogP contribution is -2.29. The molecule has 0 heterocycles. The smallest absolute Gasteiger partial charge is 0.462 e. The number of aliphatic hydroxyl groups is 1. The monoisotopic (exact) mass is 754 g/mol. The van der Waals surface area contributed by atoms with Crippen molar-refractivity contribution in [2.75, 3.05) is 13.2 Å². The molecule has 0 aromatic carbocycles. The first kappa shape index (κ1) is 47.9. The summed E-state index contributed by atoms with van der Waals surface area (Å²) in [7, 11) is -4.80. The van der Waals surface area contributed by atoms with E-state index in [2.05, 4.69) is 25.3 Å². The molecule has 1 aliphatic carbocycles. The summed E-state index contributed by atoms with van der Waals surface area (Å²) in [6.07, 6.45) is 30.7. The standard InChI is InChI=1S/C41H71O10P/c1-4-5-18-25-36(42)29-30-38-35(28-31-39(38)43)24-20-16-17-21-26-40(44)49-32-37(33-50-52(46,47)48)51-41(45)27-22-15-13-11-9-7-6-8-10-12-14-19-23-34(2)3/h16,20,28-31,34-38,42H,4-15,17-19,21-27,32-33H2,1-3H3,(H2,46,47,48)/b20-16-,30-29+/t35-,36-,37+,38+/m0/s1. The van der Waals surface area contributed by atoms with E-state index < -0.39 is 38.6 Å². The number of esters is 2. The lowest BCUT2D eigenvalue weighted by atomic mass is 9.90. The van der Waals surface area contributed by atoms with Crippen LogP contribution in [-0.2, 0) is 32.9 Å². The number of allylic oxidation sites excluding steroid dienone is 5. The molecule has 0 amide bonds. The minimum absolute atomic E-state index is 0.0292. The van der Waals surface area contributed by atoms with E-state index in [1.54, 1.807) is 12.2 Å². The first-order valence-electron chi connectivity index (χ1n) is 20.2. The molecule has 300 valence electrons. The number of ketones is 1. The van der Waals surface area contributed by atoms with Gasteiger partial charge in [-0.1, -0.05) is 147 Å². The largest absolute Gasteiger partial charge is 0.469 e. The fourth-order valence-corrected chi connectivity index (χ4v) is 6.56. The summed E-state index contributed by atoms with van der Waals surface area (Å²) in [4.78, 5) is 55.3. The van der Waals surface area contributed by atoms with Crippen LogP contribution in [0.15, 0.2) is 36.5 Å². The Hall–Kier alpha value is -2.10. The van der Waals surface area contributed by atoms with E-state index in [4.69, 9.17) is 19.3 Å². The number of carbonyl (C=O) groups excluding carboxylic acids is 3. The molecule has 10 nitrogen and oxygen atoms in total. The highest BCUT2D eigenvalue weighted by molar-refractivity contribution is 7.46. The third-order valence-corrected chi connectivity index (χ3v) is 9.82. The second-order valence-corrected chi connectivity index (χ2v) is 16.0. The van der Waals surface area contributed by atoms with E-state index in [0.717, 1.165) is 44.4 Å². The number of aliphatic hydroxyl groups excluding tert-OH is 1. The maximum Gasteiger partial charge on any atom is 0.469 e. The van der Waals surface area contributed by atoms with Gasteiger partial charge in [0, 0.05) is 18.8 Å². The summed E-state index contributed by atoms with van der Waals surface area (Å²) < 4.78 is 26.3. The van der Waals surface area contributed by atoms with E-state index in [0.29, 0.717) is 32.1 Å². The van der Waals surface area contributed by atoms with Crippen molar-refractivity contribution in [1.82, 2.24) is 0 Å². The van der Waals surface area contributed by atoms with Gasteiger partial charge in [0.2, 0.25) is 0 Å². The van der Waals surface area contributed by atoms with Gasteiger partial charge >= 0.3 is 19.8 Å². The van der Waals surface area contributed by atoms with E-state index >= 15 is 0 Å². The second-order valence-electron chi connectivity index (χ2n) is 14.8. The Morgan fingerprint density at radius 2 is 1.40 bits per heavy atom. The molecule has 0 bridgehead atoms. The zero-order valence-corrected chi connectivity index (χ0v) is 33.4. The lowest BCUT2D eigenvalue weighted by Gasteiger charge is -2.18. The van der Waals surface area contributed by atoms with Gasteiger partial charge in [-0.2, -0.15) is 0 Å². The summed E-state index contributed by atoms with van der Waals surface area (Å²) in [6.45, 7) is 5.73. The molecule has 1 rings (SSSR count). The quantitative estimate of drug-likeness (QED) is 0.0255. The first-order valence-corrected chi connectivity index (χ1v) is 21.7. The number of hydrogen-bond acceptors (Lipinski definition) is 8. The molecule has 0 spiro atoms. The number of phosphoric ester groups is 1. The van der Waals surface area contributed by atoms with Gasteiger partial charge in [-0.15, -0.1) is 0 Å². The van der Waals surface area contributed by atoms with Crippen LogP contribution in [0, 0.1) is 17.8 Å². The van der Waals surface area contributed by atoms with Crippen LogP contribution in [-0.4, -0.2) is 58.0 Å². The highest BCUT2D eigenvalue weighted by atomic mass is 31.2. The van der Waals surface area contributed by atoms with Crippen molar-refractivity contribution in [2.45, 2.75) is 174 Å². The van der Waals surface area contributed by atoms with Crippen LogP contribution in [0.25, 0.3) is 0 Å². The Kier molecular flexibility index (Phi) is 27.9. The van der Waals surface area contributed by atoms with Gasteiger partial charge in [-0.25, -0.2) is 4.57 Å². The topological polar surface area (TPSA) is 157 Å². The van der Waals surface area contributed by atoms with Gasteiger partial charge < -0.3 is 24.4 Å². The first-order chi connectivity index (χ1) is 24.9. The third kappa shape index (κ3) is 27.5. The molecule has 0 saturated carbocycles. The molecule has 11 heteroatoms. The van der Waals surface area contributed by atoms with Gasteiger partial charge in [-0.05, 0) is 50.0 Å². The molecular weight excluding hydrogens is 683 g/mol. The van der Waals surface area contributed by atoms with Gasteiger partial charge in [0.15, 0.2) is 11.9 Å². The van der Waals surface area contributed by atoms with Crippen molar-refractivity contribution in [3.63, 3.8) is 0 Å². The zero-order valence-electron chi connectivity index (χ0n) is 32.5. The Bertz CT molecular complexity index is 1100. The molecule has 0 aromatic rings. The van der Waals surface area contributed by atoms with E-state index in [1.807, 2.05) is 24.3 Å². The maximum atomic E-state index is 12.4. The molecule has 52 heavy (non-hydrogen) atoms. The Morgan fingerprint density at radius 3 is 2.02 bits per heavy atom. The van der Waals surface area contributed by atoms with E-state index in [9.17, 15) is 24.1 Å². The molecule has 3 N–H and O–H groups in total. The molecule has 1 aliphatic rings. The van der Waals surface area contributed by atoms with Gasteiger partial charge in [-0.3, -0.25) is 18.9 Å². The number of rotatable bonds is 33. The van der Waals surface area contributed by atoms with Crippen LogP contribution in [0.3, 0.4) is 0 Å². The van der Waals surface area contributed by atoms with Crippen LogP contribution in [0.2, 0.25) is 0 Å². The minimum atomic E-state index is -4.80. The maximum absolute atomic E-state index is 12.4. The third-order valence-electron chi connectivity index (χ3n) is 9.34. The Labute approximate surface area is 314 Å². The number of carbonyl (C=O) groups is 3. The summed E-state index contributed by atoms with van der Waals surface area (Å²) in [5, 5.41) is 10.2. The molecule has 0 aromatic heterocycles. The van der Waals surface area contributed by atoms with Crippen molar-refractivity contribution in [3.8, 4) is 0 Å². The predicted molar refractivity (Wildman–Crippen MR) is 206 cm³/mol. The number of hydrogen-bond donors (Lipinski definition) is 3. The lowest BCUT2D eigenvalue weighted by molar-refractivity contribution is -0.161. The van der Waals surface area contributed by atoms with E-state index in [-0.39, 0.29) is 37.1 Å². The molecule has 0 unspecified atom stereocenters. The van der Waals surface area contributed by atoms with Gasteiger partial charge in [0.25, 0.3) is 0 Å². The predicted octanol–water partition coefficient (Wildman–Crippen LogP) is 9.65. The van der Waals surface area contributed by atoms with Crippen molar-refractivity contribution < 1.29 is 47.8 Å². The fraction of sp³-hybridized carbons (Fsp3) is 0.780. The van der Waals surface area contributed by atoms with Crippen LogP contribution >= 0.6 is 7.82 Å². The molecule has 0 saturated heterocycles. The summed E-state index contributed by atoms with van der Waals surface area (Å²) in [5.74, 6) is -0.439. The van der Waals surface area contributed by atoms with Gasteiger partial charge in [0.1, 0.15) is 6.61 Å². The van der Waals surface area contributed by atoms with Crippen LogP contribution in [0.4, 0.5) is 0 Å².